The molecule has 0 atom stereocenters. The van der Waals surface area contributed by atoms with E-state index in [2.05, 4.69) is 0 Å². The Morgan fingerprint density at radius 2 is 1.14 bits per heavy atom. The van der Waals surface area contributed by atoms with Gasteiger partial charge in [-0.3, -0.25) is 4.55 Å². The predicted molar refractivity (Wildman–Crippen MR) is 88.7 cm³/mol. The van der Waals surface area contributed by atoms with Crippen LogP contribution in [0, 0.1) is 0 Å². The molecule has 0 saturated heterocycles. The van der Waals surface area contributed by atoms with Crippen molar-refractivity contribution in [1.82, 2.24) is 0 Å². The van der Waals surface area contributed by atoms with Gasteiger partial charge in [-0.15, -0.1) is 0 Å². The molecule has 0 radical (unpaired) electrons. The highest BCUT2D eigenvalue weighted by Gasteiger charge is 2.12. The number of benzene rings is 2. The van der Waals surface area contributed by atoms with Gasteiger partial charge in [-0.25, -0.2) is 0 Å². The zero-order chi connectivity index (χ0) is 17.6. The van der Waals surface area contributed by atoms with Crippen LogP contribution in [0.25, 0.3) is 0 Å². The monoisotopic (exact) mass is 328 g/mol. The summed E-state index contributed by atoms with van der Waals surface area (Å²) in [6, 6.07) is 13.9. The van der Waals surface area contributed by atoms with Gasteiger partial charge in [0, 0.05) is 0 Å². The minimum Gasteiger partial charge on any atom is -0.508 e. The summed E-state index contributed by atoms with van der Waals surface area (Å²) in [5.74, 6) is -0.127. The van der Waals surface area contributed by atoms with Crippen LogP contribution in [-0.2, 0) is 10.1 Å². The van der Waals surface area contributed by atoms with Gasteiger partial charge in [0.25, 0.3) is 10.1 Å². The molecule has 0 fully saturated rings. The zero-order valence-corrected chi connectivity index (χ0v) is 14.1. The number of para-hydroxylation sites is 2. The van der Waals surface area contributed by atoms with Crippen LogP contribution >= 0.6 is 0 Å². The molecule has 124 valence electrons. The fourth-order valence-electron chi connectivity index (χ4n) is 1.10. The van der Waals surface area contributed by atoms with E-state index in [0.717, 1.165) is 6.07 Å². The molecule has 0 saturated carbocycles. The second kappa shape index (κ2) is 12.7. The van der Waals surface area contributed by atoms with Gasteiger partial charge >= 0.3 is 0 Å². The van der Waals surface area contributed by atoms with E-state index >= 15 is 0 Å². The van der Waals surface area contributed by atoms with Crippen molar-refractivity contribution >= 4 is 10.1 Å². The van der Waals surface area contributed by atoms with Crippen molar-refractivity contribution in [3.8, 4) is 11.5 Å². The molecule has 0 aliphatic heterocycles. The van der Waals surface area contributed by atoms with E-state index in [9.17, 15) is 8.42 Å². The second-order valence-electron chi connectivity index (χ2n) is 3.28. The molecule has 0 spiro atoms. The van der Waals surface area contributed by atoms with Crippen molar-refractivity contribution < 1.29 is 23.2 Å². The lowest BCUT2D eigenvalue weighted by Gasteiger charge is -1.97. The molecule has 22 heavy (non-hydrogen) atoms. The molecule has 6 heteroatoms. The molecule has 3 N–H and O–H groups in total. The van der Waals surface area contributed by atoms with Crippen LogP contribution in [0.1, 0.15) is 27.7 Å². The Morgan fingerprint density at radius 1 is 0.727 bits per heavy atom. The normalized spacial score (nSPS) is 8.95. The van der Waals surface area contributed by atoms with E-state index in [1.807, 2.05) is 33.8 Å². The maximum absolute atomic E-state index is 10.4. The van der Waals surface area contributed by atoms with Gasteiger partial charge in [0.1, 0.15) is 16.4 Å². The Labute approximate surface area is 132 Å². The first-order valence-corrected chi connectivity index (χ1v) is 8.35. The first kappa shape index (κ1) is 22.2. The highest BCUT2D eigenvalue weighted by Crippen LogP contribution is 2.20. The number of phenolic OH excluding ortho intramolecular Hbond substituents is 2. The van der Waals surface area contributed by atoms with Crippen molar-refractivity contribution in [3.05, 3.63) is 54.6 Å². The lowest BCUT2D eigenvalue weighted by molar-refractivity contribution is 0.443. The lowest BCUT2D eigenvalue weighted by atomic mass is 10.3. The van der Waals surface area contributed by atoms with Gasteiger partial charge in [-0.05, 0) is 24.3 Å². The Bertz CT molecular complexity index is 595. The van der Waals surface area contributed by atoms with E-state index in [0.29, 0.717) is 5.75 Å². The van der Waals surface area contributed by atoms with Crippen molar-refractivity contribution in [2.45, 2.75) is 32.6 Å². The van der Waals surface area contributed by atoms with Crippen molar-refractivity contribution in [2.75, 3.05) is 0 Å². The summed E-state index contributed by atoms with van der Waals surface area (Å²) in [7, 11) is -4.28. The summed E-state index contributed by atoms with van der Waals surface area (Å²) in [4.78, 5) is -0.472. The summed E-state index contributed by atoms with van der Waals surface area (Å²) >= 11 is 0. The molecule has 0 amide bonds. The second-order valence-corrected chi connectivity index (χ2v) is 4.67. The Morgan fingerprint density at radius 3 is 1.41 bits per heavy atom. The fourth-order valence-corrected chi connectivity index (χ4v) is 1.69. The third-order valence-electron chi connectivity index (χ3n) is 1.90. The Kier molecular flexibility index (Phi) is 12.8. The van der Waals surface area contributed by atoms with E-state index in [1.54, 1.807) is 24.3 Å². The zero-order valence-electron chi connectivity index (χ0n) is 13.3. The van der Waals surface area contributed by atoms with Gasteiger partial charge in [0.05, 0.1) is 0 Å². The molecular formula is C16H24O5S. The van der Waals surface area contributed by atoms with Crippen LogP contribution < -0.4 is 0 Å². The molecule has 0 aliphatic rings. The largest absolute Gasteiger partial charge is 0.508 e. The van der Waals surface area contributed by atoms with Crippen molar-refractivity contribution in [2.24, 2.45) is 0 Å². The number of phenols is 2. The molecule has 0 heterocycles. The van der Waals surface area contributed by atoms with Gasteiger partial charge in [-0.1, -0.05) is 58.0 Å². The summed E-state index contributed by atoms with van der Waals surface area (Å²) in [6.45, 7) is 8.00. The molecular weight excluding hydrogens is 304 g/mol. The molecule has 2 aromatic carbocycles. The summed E-state index contributed by atoms with van der Waals surface area (Å²) in [6.07, 6.45) is 0. The molecule has 0 aromatic heterocycles. The Balaban J connectivity index is 0. The summed E-state index contributed by atoms with van der Waals surface area (Å²) in [5, 5.41) is 17.5. The van der Waals surface area contributed by atoms with Crippen LogP contribution in [-0.4, -0.2) is 23.2 Å². The topological polar surface area (TPSA) is 94.8 Å². The van der Waals surface area contributed by atoms with E-state index in [-0.39, 0.29) is 0 Å². The molecule has 2 aromatic rings. The number of hydrogen-bond donors (Lipinski definition) is 3. The summed E-state index contributed by atoms with van der Waals surface area (Å²) in [5.41, 5.74) is 0. The van der Waals surface area contributed by atoms with Crippen LogP contribution in [0.2, 0.25) is 0 Å². The smallest absolute Gasteiger partial charge is 0.298 e. The van der Waals surface area contributed by atoms with E-state index < -0.39 is 20.8 Å². The first-order chi connectivity index (χ1) is 10.4. The van der Waals surface area contributed by atoms with Gasteiger partial charge in [-0.2, -0.15) is 8.42 Å². The van der Waals surface area contributed by atoms with E-state index in [4.69, 9.17) is 14.8 Å². The summed E-state index contributed by atoms with van der Waals surface area (Å²) < 4.78 is 29.4. The van der Waals surface area contributed by atoms with Crippen molar-refractivity contribution in [3.63, 3.8) is 0 Å². The number of rotatable bonds is 1. The van der Waals surface area contributed by atoms with Gasteiger partial charge in [0.15, 0.2) is 0 Å². The molecule has 0 bridgehead atoms. The number of hydrogen-bond acceptors (Lipinski definition) is 4. The predicted octanol–water partition coefficient (Wildman–Crippen LogP) is 4.08. The third kappa shape index (κ3) is 9.79. The molecule has 0 aliphatic carbocycles. The van der Waals surface area contributed by atoms with Crippen LogP contribution in [0.15, 0.2) is 59.5 Å². The quantitative estimate of drug-likeness (QED) is 0.686. The highest BCUT2D eigenvalue weighted by atomic mass is 32.2. The number of aromatic hydroxyl groups is 2. The SMILES string of the molecule is CC.CC.O=S(=O)(O)c1ccccc1O.Oc1ccccc1. The van der Waals surface area contributed by atoms with Gasteiger partial charge < -0.3 is 10.2 Å². The molecule has 5 nitrogen and oxygen atoms in total. The fraction of sp³-hybridized carbons (Fsp3) is 0.250. The maximum Gasteiger partial charge on any atom is 0.298 e. The minimum atomic E-state index is -4.28. The van der Waals surface area contributed by atoms with Crippen LogP contribution in [0.4, 0.5) is 0 Å². The van der Waals surface area contributed by atoms with Crippen molar-refractivity contribution in [1.29, 1.82) is 0 Å². The minimum absolute atomic E-state index is 0.322. The average molecular weight is 328 g/mol. The molecule has 2 rings (SSSR count). The third-order valence-corrected chi connectivity index (χ3v) is 2.80. The maximum atomic E-state index is 10.4. The standard InChI is InChI=1S/C6H6O4S.C6H6O.2C2H6/c7-5-3-1-2-4-6(5)11(8,9)10;7-6-4-2-1-3-5-6;2*1-2/h1-4,7H,(H,8,9,10);1-5,7H;2*1-2H3. The first-order valence-electron chi connectivity index (χ1n) is 6.91. The molecule has 0 unspecified atom stereocenters. The Hall–Kier alpha value is -2.05. The van der Waals surface area contributed by atoms with Crippen LogP contribution in [0.3, 0.4) is 0 Å². The van der Waals surface area contributed by atoms with Crippen LogP contribution in [0.5, 0.6) is 11.5 Å². The highest BCUT2D eigenvalue weighted by molar-refractivity contribution is 7.86. The average Bonchev–Trinajstić information content (AvgIpc) is 2.52. The lowest BCUT2D eigenvalue weighted by Crippen LogP contribution is -1.97. The van der Waals surface area contributed by atoms with Gasteiger partial charge in [0.2, 0.25) is 0 Å². The van der Waals surface area contributed by atoms with E-state index in [1.165, 1.54) is 18.2 Å².